The number of nitrogens with two attached hydrogens (primary N) is 1. The van der Waals surface area contributed by atoms with Crippen LogP contribution in [0, 0.1) is 0 Å². The van der Waals surface area contributed by atoms with Gasteiger partial charge in [0.05, 0.1) is 5.69 Å². The van der Waals surface area contributed by atoms with Gasteiger partial charge in [0, 0.05) is 30.3 Å². The second kappa shape index (κ2) is 6.54. The Balaban J connectivity index is 1.99. The van der Waals surface area contributed by atoms with Crippen molar-refractivity contribution in [3.63, 3.8) is 0 Å². The fraction of sp³-hybridized carbons (Fsp3) is 0.357. The van der Waals surface area contributed by atoms with Crippen LogP contribution in [0.1, 0.15) is 22.5 Å². The molecule has 0 aliphatic heterocycles. The monoisotopic (exact) mass is 278 g/mol. The Morgan fingerprint density at radius 2 is 2.16 bits per heavy atom. The number of unbranched alkanes of at least 4 members (excludes halogenated alkanes) is 1. The van der Waals surface area contributed by atoms with Gasteiger partial charge in [-0.1, -0.05) is 18.2 Å². The van der Waals surface area contributed by atoms with Crippen LogP contribution in [0.4, 0.5) is 5.69 Å². The van der Waals surface area contributed by atoms with Crippen LogP contribution in [0.2, 0.25) is 0 Å². The summed E-state index contributed by atoms with van der Waals surface area (Å²) in [6, 6.07) is 7.80. The quantitative estimate of drug-likeness (QED) is 0.798. The van der Waals surface area contributed by atoms with Crippen LogP contribution < -0.4 is 11.1 Å². The number of methoxy groups -OCH3 is 1. The van der Waals surface area contributed by atoms with Gasteiger partial charge in [-0.05, 0) is 18.9 Å². The van der Waals surface area contributed by atoms with E-state index in [1.807, 2.05) is 24.3 Å². The van der Waals surface area contributed by atoms with E-state index in [4.69, 9.17) is 10.5 Å². The number of carbonyl (C=O) groups excluding carboxylic acids is 1. The molecule has 0 saturated heterocycles. The summed E-state index contributed by atoms with van der Waals surface area (Å²) in [5.74, 6) is -0.0869. The molecule has 0 spiro atoms. The number of nitrogens with one attached hydrogen (secondary N) is 1. The molecule has 0 saturated carbocycles. The van der Waals surface area contributed by atoms with Crippen LogP contribution in [-0.4, -0.2) is 26.2 Å². The van der Waals surface area contributed by atoms with Gasteiger partial charge in [0.25, 0.3) is 5.91 Å². The Labute approximate surface area is 116 Å². The van der Waals surface area contributed by atoms with Crippen LogP contribution in [-0.2, 0) is 4.74 Å². The van der Waals surface area contributed by atoms with Crippen molar-refractivity contribution in [3.05, 3.63) is 29.1 Å². The lowest BCUT2D eigenvalue weighted by Crippen LogP contribution is -2.24. The Hall–Kier alpha value is -1.59. The minimum Gasteiger partial charge on any atom is -0.397 e. The van der Waals surface area contributed by atoms with E-state index in [0.29, 0.717) is 17.1 Å². The highest BCUT2D eigenvalue weighted by molar-refractivity contribution is 7.21. The smallest absolute Gasteiger partial charge is 0.263 e. The Morgan fingerprint density at radius 1 is 1.37 bits per heavy atom. The van der Waals surface area contributed by atoms with Crippen molar-refractivity contribution < 1.29 is 9.53 Å². The third kappa shape index (κ3) is 3.24. The first-order valence-corrected chi connectivity index (χ1v) is 7.10. The van der Waals surface area contributed by atoms with Gasteiger partial charge in [0.1, 0.15) is 4.88 Å². The fourth-order valence-corrected chi connectivity index (χ4v) is 2.93. The number of amides is 1. The van der Waals surface area contributed by atoms with Crippen LogP contribution in [0.3, 0.4) is 0 Å². The number of ether oxygens (including phenoxy) is 1. The molecule has 0 atom stereocenters. The van der Waals surface area contributed by atoms with Crippen LogP contribution in [0.5, 0.6) is 0 Å². The number of benzene rings is 1. The maximum atomic E-state index is 12.1. The lowest BCUT2D eigenvalue weighted by Gasteiger charge is -2.04. The van der Waals surface area contributed by atoms with Crippen LogP contribution in [0.25, 0.3) is 10.1 Å². The van der Waals surface area contributed by atoms with E-state index in [1.165, 1.54) is 11.3 Å². The topological polar surface area (TPSA) is 64.3 Å². The van der Waals surface area contributed by atoms with E-state index >= 15 is 0 Å². The number of anilines is 1. The first-order chi connectivity index (χ1) is 9.24. The zero-order valence-corrected chi connectivity index (χ0v) is 11.8. The fourth-order valence-electron chi connectivity index (χ4n) is 1.89. The minimum absolute atomic E-state index is 0.0869. The van der Waals surface area contributed by atoms with Crippen LogP contribution in [0.15, 0.2) is 24.3 Å². The predicted octanol–water partition coefficient (Wildman–Crippen LogP) is 2.64. The molecule has 2 aromatic rings. The minimum atomic E-state index is -0.0869. The molecule has 2 rings (SSSR count). The molecule has 1 aromatic carbocycles. The normalized spacial score (nSPS) is 10.8. The lowest BCUT2D eigenvalue weighted by molar-refractivity contribution is 0.0956. The molecule has 0 aliphatic carbocycles. The number of hydrogen-bond donors (Lipinski definition) is 2. The summed E-state index contributed by atoms with van der Waals surface area (Å²) < 4.78 is 6.01. The van der Waals surface area contributed by atoms with Gasteiger partial charge in [-0.2, -0.15) is 0 Å². The van der Waals surface area contributed by atoms with E-state index in [-0.39, 0.29) is 5.91 Å². The third-order valence-electron chi connectivity index (χ3n) is 2.90. The van der Waals surface area contributed by atoms with Crippen LogP contribution >= 0.6 is 11.3 Å². The molecule has 19 heavy (non-hydrogen) atoms. The molecule has 3 N–H and O–H groups in total. The molecule has 0 aliphatic rings. The Morgan fingerprint density at radius 3 is 2.89 bits per heavy atom. The number of thiophene rings is 1. The number of hydrogen-bond acceptors (Lipinski definition) is 4. The molecule has 0 bridgehead atoms. The molecule has 0 radical (unpaired) electrons. The second-order valence-electron chi connectivity index (χ2n) is 4.30. The zero-order valence-electron chi connectivity index (χ0n) is 10.9. The standard InChI is InChI=1S/C14H18N2O2S/c1-18-9-5-4-8-16-14(17)13-12(15)10-6-2-3-7-11(10)19-13/h2-3,6-7H,4-5,8-9,15H2,1H3,(H,16,17). The molecule has 0 unspecified atom stereocenters. The average molecular weight is 278 g/mol. The van der Waals surface area contributed by atoms with E-state index in [1.54, 1.807) is 7.11 Å². The Kier molecular flexibility index (Phi) is 4.76. The number of nitrogen functional groups attached to an aromatic ring is 1. The van der Waals surface area contributed by atoms with Gasteiger partial charge in [-0.25, -0.2) is 0 Å². The van der Waals surface area contributed by atoms with Gasteiger partial charge < -0.3 is 15.8 Å². The van der Waals surface area contributed by atoms with Gasteiger partial charge in [-0.15, -0.1) is 11.3 Å². The first kappa shape index (κ1) is 13.8. The summed E-state index contributed by atoms with van der Waals surface area (Å²) in [5, 5.41) is 3.85. The SMILES string of the molecule is COCCCCNC(=O)c1sc2ccccc2c1N. The maximum absolute atomic E-state index is 12.1. The van der Waals surface area contributed by atoms with Gasteiger partial charge in [0.2, 0.25) is 0 Å². The van der Waals surface area contributed by atoms with Gasteiger partial charge in [-0.3, -0.25) is 4.79 Å². The number of carbonyl (C=O) groups is 1. The zero-order chi connectivity index (χ0) is 13.7. The Bertz CT molecular complexity index is 566. The molecule has 1 aromatic heterocycles. The molecular formula is C14H18N2O2S. The number of rotatable bonds is 6. The van der Waals surface area contributed by atoms with E-state index in [9.17, 15) is 4.79 Å². The highest BCUT2D eigenvalue weighted by Gasteiger charge is 2.15. The average Bonchev–Trinajstić information content (AvgIpc) is 2.76. The molecular weight excluding hydrogens is 260 g/mol. The third-order valence-corrected chi connectivity index (χ3v) is 4.09. The van der Waals surface area contributed by atoms with Crippen molar-refractivity contribution in [2.24, 2.45) is 0 Å². The molecule has 102 valence electrons. The number of fused-ring (bicyclic) bond motifs is 1. The summed E-state index contributed by atoms with van der Waals surface area (Å²) in [6.45, 7) is 1.37. The maximum Gasteiger partial charge on any atom is 0.263 e. The molecule has 5 heteroatoms. The lowest BCUT2D eigenvalue weighted by atomic mass is 10.2. The summed E-state index contributed by atoms with van der Waals surface area (Å²) in [6.07, 6.45) is 1.85. The molecule has 1 heterocycles. The van der Waals surface area contributed by atoms with Crippen molar-refractivity contribution in [1.29, 1.82) is 0 Å². The van der Waals surface area contributed by atoms with Gasteiger partial charge in [0.15, 0.2) is 0 Å². The van der Waals surface area contributed by atoms with Crippen molar-refractivity contribution in [3.8, 4) is 0 Å². The highest BCUT2D eigenvalue weighted by atomic mass is 32.1. The summed E-state index contributed by atoms with van der Waals surface area (Å²) in [7, 11) is 1.68. The summed E-state index contributed by atoms with van der Waals surface area (Å²) >= 11 is 1.44. The first-order valence-electron chi connectivity index (χ1n) is 6.28. The van der Waals surface area contributed by atoms with Crippen molar-refractivity contribution in [1.82, 2.24) is 5.32 Å². The summed E-state index contributed by atoms with van der Waals surface area (Å²) in [5.41, 5.74) is 6.60. The molecule has 4 nitrogen and oxygen atoms in total. The molecule has 1 amide bonds. The highest BCUT2D eigenvalue weighted by Crippen LogP contribution is 2.33. The van der Waals surface area contributed by atoms with Crippen molar-refractivity contribution in [2.45, 2.75) is 12.8 Å². The van der Waals surface area contributed by atoms with Gasteiger partial charge >= 0.3 is 0 Å². The van der Waals surface area contributed by atoms with E-state index < -0.39 is 0 Å². The predicted molar refractivity (Wildman–Crippen MR) is 79.7 cm³/mol. The molecule has 0 fully saturated rings. The second-order valence-corrected chi connectivity index (χ2v) is 5.35. The van der Waals surface area contributed by atoms with Crippen molar-refractivity contribution in [2.75, 3.05) is 26.0 Å². The van der Waals surface area contributed by atoms with E-state index in [2.05, 4.69) is 5.32 Å². The van der Waals surface area contributed by atoms with E-state index in [0.717, 1.165) is 29.5 Å². The summed E-state index contributed by atoms with van der Waals surface area (Å²) in [4.78, 5) is 12.7. The largest absolute Gasteiger partial charge is 0.397 e. The van der Waals surface area contributed by atoms with Crippen molar-refractivity contribution >= 4 is 33.0 Å².